The molecule has 14 heavy (non-hydrogen) atoms. The number of aryl methyl sites for hydroxylation is 1. The van der Waals surface area contributed by atoms with Crippen molar-refractivity contribution in [3.05, 3.63) is 39.8 Å². The van der Waals surface area contributed by atoms with Crippen LogP contribution in [0.2, 0.25) is 0 Å². The molecule has 3 N–H and O–H groups in total. The van der Waals surface area contributed by atoms with Gasteiger partial charge in [-0.1, -0.05) is 6.92 Å². The minimum absolute atomic E-state index is 0.0425. The van der Waals surface area contributed by atoms with Crippen LogP contribution in [-0.4, -0.2) is 10.2 Å². The normalized spacial score (nSPS) is 13.0. The predicted octanol–water partition coefficient (Wildman–Crippen LogP) is 2.08. The van der Waals surface area contributed by atoms with E-state index < -0.39 is 0 Å². The summed E-state index contributed by atoms with van der Waals surface area (Å²) in [6.45, 7) is 2.15. The van der Waals surface area contributed by atoms with Gasteiger partial charge in [0.2, 0.25) is 0 Å². The van der Waals surface area contributed by atoms with Crippen molar-refractivity contribution >= 4 is 11.3 Å². The summed E-state index contributed by atoms with van der Waals surface area (Å²) < 4.78 is 0. The van der Waals surface area contributed by atoms with Gasteiger partial charge in [-0.05, 0) is 18.6 Å². The summed E-state index contributed by atoms with van der Waals surface area (Å²) in [5.74, 6) is 0. The Hall–Kier alpha value is -1.13. The number of nitrogens with zero attached hydrogens (tertiary/aromatic N) is 1. The molecule has 0 amide bonds. The largest absolute Gasteiger partial charge is 0.320 e. The lowest BCUT2D eigenvalue weighted by atomic mass is 10.1. The second kappa shape index (κ2) is 3.94. The minimum atomic E-state index is -0.0425. The zero-order valence-corrected chi connectivity index (χ0v) is 8.84. The van der Waals surface area contributed by atoms with Gasteiger partial charge in [-0.25, -0.2) is 0 Å². The molecule has 1 atom stereocenters. The number of aromatic nitrogens is 2. The first-order valence-corrected chi connectivity index (χ1v) is 5.45. The van der Waals surface area contributed by atoms with Crippen molar-refractivity contribution in [3.8, 4) is 0 Å². The summed E-state index contributed by atoms with van der Waals surface area (Å²) in [7, 11) is 0. The van der Waals surface area contributed by atoms with Crippen LogP contribution in [0, 0.1) is 0 Å². The number of nitrogens with two attached hydrogens (primary N) is 1. The molecule has 0 fully saturated rings. The maximum Gasteiger partial charge on any atom is 0.0677 e. The number of hydrogen-bond donors (Lipinski definition) is 2. The highest BCUT2D eigenvalue weighted by atomic mass is 32.1. The molecule has 2 aromatic rings. The average molecular weight is 207 g/mol. The van der Waals surface area contributed by atoms with Gasteiger partial charge in [0, 0.05) is 21.5 Å². The molecule has 0 bridgehead atoms. The zero-order chi connectivity index (χ0) is 9.97. The molecule has 0 aliphatic heterocycles. The third kappa shape index (κ3) is 1.71. The Morgan fingerprint density at radius 3 is 3.00 bits per heavy atom. The van der Waals surface area contributed by atoms with E-state index in [1.165, 1.54) is 9.75 Å². The van der Waals surface area contributed by atoms with Crippen molar-refractivity contribution in [2.45, 2.75) is 19.4 Å². The van der Waals surface area contributed by atoms with E-state index in [0.717, 1.165) is 12.0 Å². The molecule has 2 heterocycles. The van der Waals surface area contributed by atoms with Crippen LogP contribution in [0.3, 0.4) is 0 Å². The van der Waals surface area contributed by atoms with Gasteiger partial charge >= 0.3 is 0 Å². The fourth-order valence-electron chi connectivity index (χ4n) is 1.35. The maximum atomic E-state index is 6.08. The third-order valence-electron chi connectivity index (χ3n) is 2.22. The lowest BCUT2D eigenvalue weighted by Crippen LogP contribution is -2.08. The van der Waals surface area contributed by atoms with Crippen LogP contribution >= 0.6 is 11.3 Å². The van der Waals surface area contributed by atoms with Crippen molar-refractivity contribution in [3.63, 3.8) is 0 Å². The van der Waals surface area contributed by atoms with Crippen LogP contribution in [0.4, 0.5) is 0 Å². The molecule has 74 valence electrons. The Morgan fingerprint density at radius 2 is 2.43 bits per heavy atom. The van der Waals surface area contributed by atoms with Gasteiger partial charge < -0.3 is 5.73 Å². The van der Waals surface area contributed by atoms with E-state index in [1.807, 2.05) is 6.20 Å². The first kappa shape index (κ1) is 9.43. The molecule has 3 nitrogen and oxygen atoms in total. The quantitative estimate of drug-likeness (QED) is 0.809. The van der Waals surface area contributed by atoms with Crippen LogP contribution in [-0.2, 0) is 6.42 Å². The van der Waals surface area contributed by atoms with Crippen LogP contribution in [0.1, 0.15) is 28.3 Å². The highest BCUT2D eigenvalue weighted by Crippen LogP contribution is 2.26. The highest BCUT2D eigenvalue weighted by Gasteiger charge is 2.11. The van der Waals surface area contributed by atoms with Gasteiger partial charge in [-0.15, -0.1) is 11.3 Å². The van der Waals surface area contributed by atoms with Gasteiger partial charge in [0.05, 0.1) is 12.2 Å². The zero-order valence-electron chi connectivity index (χ0n) is 8.03. The lowest BCUT2D eigenvalue weighted by Gasteiger charge is -2.05. The highest BCUT2D eigenvalue weighted by molar-refractivity contribution is 7.12. The van der Waals surface area contributed by atoms with Gasteiger partial charge in [-0.3, -0.25) is 5.10 Å². The average Bonchev–Trinajstić information content (AvgIpc) is 2.88. The molecule has 4 heteroatoms. The smallest absolute Gasteiger partial charge is 0.0677 e. The summed E-state index contributed by atoms with van der Waals surface area (Å²) in [5, 5.41) is 6.67. The minimum Gasteiger partial charge on any atom is -0.320 e. The molecule has 2 aromatic heterocycles. The van der Waals surface area contributed by atoms with Gasteiger partial charge in [0.25, 0.3) is 0 Å². The Morgan fingerprint density at radius 1 is 1.57 bits per heavy atom. The van der Waals surface area contributed by atoms with Crippen LogP contribution in [0.25, 0.3) is 0 Å². The van der Waals surface area contributed by atoms with Gasteiger partial charge in [0.1, 0.15) is 0 Å². The summed E-state index contributed by atoms with van der Waals surface area (Å²) in [6.07, 6.45) is 4.69. The molecule has 0 aliphatic rings. The van der Waals surface area contributed by atoms with E-state index in [0.29, 0.717) is 0 Å². The first-order chi connectivity index (χ1) is 6.81. The molecule has 0 aliphatic carbocycles. The van der Waals surface area contributed by atoms with Gasteiger partial charge in [-0.2, -0.15) is 5.10 Å². The molecule has 0 radical (unpaired) electrons. The number of H-pyrrole nitrogens is 1. The Balaban J connectivity index is 2.23. The van der Waals surface area contributed by atoms with Crippen LogP contribution < -0.4 is 5.73 Å². The number of rotatable bonds is 3. The van der Waals surface area contributed by atoms with Gasteiger partial charge in [0.15, 0.2) is 0 Å². The monoisotopic (exact) mass is 207 g/mol. The second-order valence-electron chi connectivity index (χ2n) is 3.17. The standard InChI is InChI=1S/C10H13N3S/c1-2-8-3-4-9(14-8)10(11)7-5-12-13-6-7/h3-6,10H,2,11H2,1H3,(H,12,13). The lowest BCUT2D eigenvalue weighted by molar-refractivity contribution is 0.895. The van der Waals surface area contributed by atoms with E-state index in [2.05, 4.69) is 29.3 Å². The van der Waals surface area contributed by atoms with E-state index in [4.69, 9.17) is 5.73 Å². The summed E-state index contributed by atoms with van der Waals surface area (Å²) in [5.41, 5.74) is 7.12. The van der Waals surface area contributed by atoms with E-state index >= 15 is 0 Å². The first-order valence-electron chi connectivity index (χ1n) is 4.64. The Bertz CT molecular complexity index is 391. The Kier molecular flexibility index (Phi) is 2.65. The van der Waals surface area contributed by atoms with Crippen LogP contribution in [0.15, 0.2) is 24.5 Å². The van der Waals surface area contributed by atoms with Crippen molar-refractivity contribution in [1.29, 1.82) is 0 Å². The van der Waals surface area contributed by atoms with E-state index in [1.54, 1.807) is 17.5 Å². The molecular weight excluding hydrogens is 194 g/mol. The van der Waals surface area contributed by atoms with Crippen molar-refractivity contribution in [2.75, 3.05) is 0 Å². The summed E-state index contributed by atoms with van der Waals surface area (Å²) in [4.78, 5) is 2.57. The fourth-order valence-corrected chi connectivity index (χ4v) is 2.33. The number of hydrogen-bond acceptors (Lipinski definition) is 3. The number of nitrogens with one attached hydrogen (secondary N) is 1. The summed E-state index contributed by atoms with van der Waals surface area (Å²) >= 11 is 1.77. The molecule has 0 aromatic carbocycles. The fraction of sp³-hybridized carbons (Fsp3) is 0.300. The molecular formula is C10H13N3S. The van der Waals surface area contributed by atoms with E-state index in [9.17, 15) is 0 Å². The summed E-state index contributed by atoms with van der Waals surface area (Å²) in [6, 6.07) is 4.19. The van der Waals surface area contributed by atoms with E-state index in [-0.39, 0.29) is 6.04 Å². The molecule has 0 spiro atoms. The predicted molar refractivity (Wildman–Crippen MR) is 58.3 cm³/mol. The molecule has 1 unspecified atom stereocenters. The maximum absolute atomic E-state index is 6.08. The molecule has 0 saturated carbocycles. The third-order valence-corrected chi connectivity index (χ3v) is 3.53. The van der Waals surface area contributed by atoms with Crippen molar-refractivity contribution < 1.29 is 0 Å². The van der Waals surface area contributed by atoms with Crippen molar-refractivity contribution in [1.82, 2.24) is 10.2 Å². The molecule has 2 rings (SSSR count). The topological polar surface area (TPSA) is 54.7 Å². The Labute approximate surface area is 87.0 Å². The van der Waals surface area contributed by atoms with Crippen LogP contribution in [0.5, 0.6) is 0 Å². The SMILES string of the molecule is CCc1ccc(C(N)c2cn[nH]c2)s1. The number of thiophene rings is 1. The van der Waals surface area contributed by atoms with Crippen molar-refractivity contribution in [2.24, 2.45) is 5.73 Å². The second-order valence-corrected chi connectivity index (χ2v) is 4.37. The number of aromatic amines is 1. The molecule has 0 saturated heterocycles.